The summed E-state index contributed by atoms with van der Waals surface area (Å²) in [7, 11) is 0. The number of rotatable bonds is 1. The highest BCUT2D eigenvalue weighted by molar-refractivity contribution is 7.12. The molecule has 0 bridgehead atoms. The van der Waals surface area contributed by atoms with Crippen LogP contribution in [0.25, 0.3) is 0 Å². The van der Waals surface area contributed by atoms with Crippen molar-refractivity contribution in [1.29, 1.82) is 0 Å². The van der Waals surface area contributed by atoms with E-state index in [-0.39, 0.29) is 0 Å². The average Bonchev–Trinajstić information content (AvgIpc) is 2.88. The highest BCUT2D eigenvalue weighted by Gasteiger charge is 2.26. The highest BCUT2D eigenvalue weighted by atomic mass is 32.1. The van der Waals surface area contributed by atoms with Crippen LogP contribution in [0, 0.1) is 13.8 Å². The molecule has 1 N–H and O–H groups in total. The van der Waals surface area contributed by atoms with Crippen molar-refractivity contribution in [1.82, 2.24) is 4.98 Å². The van der Waals surface area contributed by atoms with E-state index in [1.165, 1.54) is 34.6 Å². The minimum absolute atomic E-state index is 0.639. The molecule has 2 heterocycles. The Morgan fingerprint density at radius 1 is 1.31 bits per heavy atom. The quantitative estimate of drug-likeness (QED) is 0.758. The summed E-state index contributed by atoms with van der Waals surface area (Å²) in [5, 5.41) is 0. The highest BCUT2D eigenvalue weighted by Crippen LogP contribution is 2.43. The Bertz CT molecular complexity index is 493. The van der Waals surface area contributed by atoms with Crippen molar-refractivity contribution in [3.8, 4) is 0 Å². The zero-order chi connectivity index (χ0) is 11.1. The lowest BCUT2D eigenvalue weighted by Crippen LogP contribution is -2.10. The van der Waals surface area contributed by atoms with Gasteiger partial charge in [0.05, 0.1) is 0 Å². The van der Waals surface area contributed by atoms with E-state index in [0.29, 0.717) is 5.92 Å². The molecule has 1 aliphatic carbocycles. The molecule has 84 valence electrons. The number of aryl methyl sites for hydroxylation is 2. The van der Waals surface area contributed by atoms with Gasteiger partial charge in [-0.1, -0.05) is 0 Å². The molecule has 16 heavy (non-hydrogen) atoms. The van der Waals surface area contributed by atoms with E-state index in [2.05, 4.69) is 31.1 Å². The molecule has 1 unspecified atom stereocenters. The first-order valence-corrected chi connectivity index (χ1v) is 6.80. The lowest BCUT2D eigenvalue weighted by atomic mass is 9.80. The van der Waals surface area contributed by atoms with Crippen LogP contribution in [0.2, 0.25) is 0 Å². The van der Waals surface area contributed by atoms with E-state index in [1.54, 1.807) is 11.1 Å². The second-order valence-corrected chi connectivity index (χ2v) is 6.12. The first kappa shape index (κ1) is 10.2. The van der Waals surface area contributed by atoms with Crippen LogP contribution in [0.3, 0.4) is 0 Å². The van der Waals surface area contributed by atoms with Gasteiger partial charge in [0.15, 0.2) is 0 Å². The predicted octanol–water partition coefficient (Wildman–Crippen LogP) is 4.16. The van der Waals surface area contributed by atoms with Gasteiger partial charge in [-0.2, -0.15) is 0 Å². The fourth-order valence-corrected chi connectivity index (χ4v) is 4.20. The Labute approximate surface area is 101 Å². The van der Waals surface area contributed by atoms with E-state index in [9.17, 15) is 0 Å². The standard InChI is InChI=1S/C14H17NS/c1-9-12-4-3-5-13(11-6-7-15-8-11)14(12)10(2)16-9/h6-8,13,15H,3-5H2,1-2H3. The normalized spacial score (nSPS) is 19.8. The van der Waals surface area contributed by atoms with E-state index in [0.717, 1.165) is 0 Å². The minimum atomic E-state index is 0.639. The van der Waals surface area contributed by atoms with Gasteiger partial charge in [-0.25, -0.2) is 0 Å². The van der Waals surface area contributed by atoms with Crippen molar-refractivity contribution in [3.63, 3.8) is 0 Å². The van der Waals surface area contributed by atoms with Crippen LogP contribution in [0.1, 0.15) is 45.2 Å². The van der Waals surface area contributed by atoms with Crippen molar-refractivity contribution in [2.24, 2.45) is 0 Å². The molecular weight excluding hydrogens is 214 g/mol. The van der Waals surface area contributed by atoms with Gasteiger partial charge in [0.1, 0.15) is 0 Å². The summed E-state index contributed by atoms with van der Waals surface area (Å²) in [4.78, 5) is 6.25. The third-order valence-electron chi connectivity index (χ3n) is 3.73. The minimum Gasteiger partial charge on any atom is -0.367 e. The molecule has 0 amide bonds. The number of thiophene rings is 1. The molecule has 0 saturated heterocycles. The van der Waals surface area contributed by atoms with Crippen LogP contribution in [0.4, 0.5) is 0 Å². The van der Waals surface area contributed by atoms with Gasteiger partial charge in [-0.05, 0) is 55.9 Å². The second kappa shape index (κ2) is 3.77. The second-order valence-electron chi connectivity index (χ2n) is 4.70. The van der Waals surface area contributed by atoms with Gasteiger partial charge in [0.2, 0.25) is 0 Å². The molecular formula is C14H17NS. The van der Waals surface area contributed by atoms with Crippen LogP contribution in [0.5, 0.6) is 0 Å². The summed E-state index contributed by atoms with van der Waals surface area (Å²) in [6, 6.07) is 2.23. The van der Waals surface area contributed by atoms with Crippen LogP contribution in [0.15, 0.2) is 18.5 Å². The Hall–Kier alpha value is -1.02. The van der Waals surface area contributed by atoms with Gasteiger partial charge in [0.25, 0.3) is 0 Å². The van der Waals surface area contributed by atoms with E-state index >= 15 is 0 Å². The van der Waals surface area contributed by atoms with Crippen molar-refractivity contribution in [3.05, 3.63) is 44.9 Å². The zero-order valence-electron chi connectivity index (χ0n) is 9.84. The molecule has 2 heteroatoms. The number of hydrogen-bond donors (Lipinski definition) is 1. The first-order chi connectivity index (χ1) is 7.77. The summed E-state index contributed by atoms with van der Waals surface area (Å²) in [5.41, 5.74) is 4.73. The number of nitrogens with one attached hydrogen (secondary N) is 1. The Balaban J connectivity index is 2.13. The maximum absolute atomic E-state index is 3.19. The summed E-state index contributed by atoms with van der Waals surface area (Å²) >= 11 is 1.98. The molecule has 1 nitrogen and oxygen atoms in total. The lowest BCUT2D eigenvalue weighted by Gasteiger charge is -2.23. The average molecular weight is 231 g/mol. The molecule has 3 rings (SSSR count). The lowest BCUT2D eigenvalue weighted by molar-refractivity contribution is 0.616. The van der Waals surface area contributed by atoms with Crippen molar-refractivity contribution >= 4 is 11.3 Å². The maximum atomic E-state index is 3.19. The molecule has 1 aliphatic rings. The summed E-state index contributed by atoms with van der Waals surface area (Å²) in [6.07, 6.45) is 8.12. The largest absolute Gasteiger partial charge is 0.367 e. The van der Waals surface area contributed by atoms with E-state index in [1.807, 2.05) is 17.5 Å². The van der Waals surface area contributed by atoms with E-state index in [4.69, 9.17) is 0 Å². The zero-order valence-corrected chi connectivity index (χ0v) is 10.7. The third-order valence-corrected chi connectivity index (χ3v) is 4.81. The number of aromatic amines is 1. The fourth-order valence-electron chi connectivity index (χ4n) is 3.03. The molecule has 2 aromatic heterocycles. The van der Waals surface area contributed by atoms with Crippen molar-refractivity contribution in [2.75, 3.05) is 0 Å². The molecule has 0 fully saturated rings. The molecule has 0 spiro atoms. The smallest absolute Gasteiger partial charge is 0.0118 e. The predicted molar refractivity (Wildman–Crippen MR) is 69.4 cm³/mol. The monoisotopic (exact) mass is 231 g/mol. The fraction of sp³-hybridized carbons (Fsp3) is 0.429. The van der Waals surface area contributed by atoms with Gasteiger partial charge < -0.3 is 4.98 Å². The van der Waals surface area contributed by atoms with Gasteiger partial charge in [-0.15, -0.1) is 11.3 Å². The van der Waals surface area contributed by atoms with Crippen molar-refractivity contribution < 1.29 is 0 Å². The summed E-state index contributed by atoms with van der Waals surface area (Å²) < 4.78 is 0. The van der Waals surface area contributed by atoms with Gasteiger partial charge >= 0.3 is 0 Å². The first-order valence-electron chi connectivity index (χ1n) is 5.99. The maximum Gasteiger partial charge on any atom is 0.0118 e. The molecule has 2 aromatic rings. The molecule has 0 aromatic carbocycles. The Morgan fingerprint density at radius 3 is 2.94 bits per heavy atom. The van der Waals surface area contributed by atoms with Gasteiger partial charge in [-0.3, -0.25) is 0 Å². The number of H-pyrrole nitrogens is 1. The molecule has 1 atom stereocenters. The Kier molecular flexibility index (Phi) is 2.40. The van der Waals surface area contributed by atoms with Crippen LogP contribution >= 0.6 is 11.3 Å². The topological polar surface area (TPSA) is 15.8 Å². The van der Waals surface area contributed by atoms with Crippen LogP contribution in [-0.4, -0.2) is 4.98 Å². The SMILES string of the molecule is Cc1sc(C)c2c1CCCC2c1cc[nH]c1. The summed E-state index contributed by atoms with van der Waals surface area (Å²) in [6.45, 7) is 4.55. The number of aromatic nitrogens is 1. The van der Waals surface area contributed by atoms with Crippen LogP contribution in [-0.2, 0) is 6.42 Å². The van der Waals surface area contributed by atoms with Crippen molar-refractivity contribution in [2.45, 2.75) is 39.0 Å². The number of fused-ring (bicyclic) bond motifs is 1. The molecule has 0 radical (unpaired) electrons. The number of hydrogen-bond acceptors (Lipinski definition) is 1. The van der Waals surface area contributed by atoms with Crippen LogP contribution < -0.4 is 0 Å². The molecule has 0 saturated carbocycles. The van der Waals surface area contributed by atoms with E-state index < -0.39 is 0 Å². The third kappa shape index (κ3) is 1.44. The van der Waals surface area contributed by atoms with Gasteiger partial charge in [0, 0.05) is 28.1 Å². The molecule has 0 aliphatic heterocycles. The summed E-state index contributed by atoms with van der Waals surface area (Å²) in [5.74, 6) is 0.639. The Morgan fingerprint density at radius 2 is 2.19 bits per heavy atom.